The summed E-state index contributed by atoms with van der Waals surface area (Å²) in [6.07, 6.45) is 0.436. The first-order valence-corrected chi connectivity index (χ1v) is 13.1. The molecule has 4 rings (SSSR count). The van der Waals surface area contributed by atoms with E-state index < -0.39 is 25.8 Å². The number of benzene rings is 2. The summed E-state index contributed by atoms with van der Waals surface area (Å²) in [6.45, 7) is 0.684. The fourth-order valence-corrected chi connectivity index (χ4v) is 7.80. The average Bonchev–Trinajstić information content (AvgIpc) is 3.23. The van der Waals surface area contributed by atoms with Crippen molar-refractivity contribution in [1.29, 1.82) is 0 Å². The molecule has 1 spiro atoms. The molecule has 2 fully saturated rings. The first-order valence-electron chi connectivity index (χ1n) is 10.2. The minimum Gasteiger partial charge on any atom is -0.495 e. The van der Waals surface area contributed by atoms with Gasteiger partial charge in [-0.25, -0.2) is 16.8 Å². The molecule has 0 unspecified atom stereocenters. The van der Waals surface area contributed by atoms with Gasteiger partial charge in [-0.15, -0.1) is 0 Å². The van der Waals surface area contributed by atoms with Crippen LogP contribution in [0.3, 0.4) is 0 Å². The van der Waals surface area contributed by atoms with Crippen molar-refractivity contribution < 1.29 is 31.0 Å². The third-order valence-electron chi connectivity index (χ3n) is 5.95. The molecule has 0 amide bonds. The summed E-state index contributed by atoms with van der Waals surface area (Å²) in [5.41, 5.74) is -1.09. The topological polar surface area (TPSA) is 102 Å². The van der Waals surface area contributed by atoms with Crippen LogP contribution in [0.1, 0.15) is 12.8 Å². The van der Waals surface area contributed by atoms with Crippen molar-refractivity contribution >= 4 is 20.0 Å². The summed E-state index contributed by atoms with van der Waals surface area (Å²) in [6, 6.07) is 12.9. The Labute approximate surface area is 188 Å². The van der Waals surface area contributed by atoms with Crippen molar-refractivity contribution in [3.05, 3.63) is 48.5 Å². The number of rotatable bonds is 6. The Balaban J connectivity index is 1.60. The lowest BCUT2D eigenvalue weighted by molar-refractivity contribution is -0.0806. The van der Waals surface area contributed by atoms with Crippen LogP contribution in [0.4, 0.5) is 0 Å². The first-order chi connectivity index (χ1) is 15.3. The van der Waals surface area contributed by atoms with Gasteiger partial charge < -0.3 is 14.2 Å². The van der Waals surface area contributed by atoms with E-state index in [1.54, 1.807) is 36.4 Å². The predicted molar refractivity (Wildman–Crippen MR) is 117 cm³/mol. The van der Waals surface area contributed by atoms with Gasteiger partial charge in [0.1, 0.15) is 27.0 Å². The molecule has 174 valence electrons. The Bertz CT molecular complexity index is 1190. The second kappa shape index (κ2) is 8.64. The molecule has 0 aliphatic carbocycles. The quantitative estimate of drug-likeness (QED) is 0.620. The SMILES string of the molecule is COc1ccccc1S(=O)(=O)N1CCC2(CC1)OCCN2S(=O)(=O)c1ccccc1OC. The number of sulfonamides is 2. The molecule has 0 N–H and O–H groups in total. The van der Waals surface area contributed by atoms with Crippen LogP contribution < -0.4 is 9.47 Å². The van der Waals surface area contributed by atoms with Crippen LogP contribution >= 0.6 is 0 Å². The number of para-hydroxylation sites is 2. The molecule has 2 aromatic carbocycles. The van der Waals surface area contributed by atoms with Crippen LogP contribution in [0.5, 0.6) is 11.5 Å². The minimum absolute atomic E-state index is 0.0662. The molecule has 11 heteroatoms. The summed E-state index contributed by atoms with van der Waals surface area (Å²) in [5.74, 6) is 0.524. The average molecular weight is 483 g/mol. The summed E-state index contributed by atoms with van der Waals surface area (Å²) < 4.78 is 72.5. The van der Waals surface area contributed by atoms with E-state index in [-0.39, 0.29) is 60.4 Å². The molecule has 2 aliphatic rings. The Kier molecular flexibility index (Phi) is 6.21. The van der Waals surface area contributed by atoms with E-state index in [0.717, 1.165) is 0 Å². The highest BCUT2D eigenvalue weighted by Crippen LogP contribution is 2.41. The van der Waals surface area contributed by atoms with Crippen LogP contribution in [0.2, 0.25) is 0 Å². The van der Waals surface area contributed by atoms with Gasteiger partial charge in [0.2, 0.25) is 20.0 Å². The third-order valence-corrected chi connectivity index (χ3v) is 9.87. The van der Waals surface area contributed by atoms with Crippen LogP contribution in [-0.2, 0) is 24.8 Å². The second-order valence-corrected chi connectivity index (χ2v) is 11.3. The van der Waals surface area contributed by atoms with Gasteiger partial charge in [0, 0.05) is 32.5 Å². The normalized spacial score (nSPS) is 19.8. The fourth-order valence-electron chi connectivity index (χ4n) is 4.32. The molecule has 2 heterocycles. The second-order valence-electron chi connectivity index (χ2n) is 7.58. The number of hydrogen-bond donors (Lipinski definition) is 0. The maximum absolute atomic E-state index is 13.5. The van der Waals surface area contributed by atoms with Gasteiger partial charge in [0.25, 0.3) is 0 Å². The highest BCUT2D eigenvalue weighted by atomic mass is 32.2. The molecule has 2 saturated heterocycles. The van der Waals surface area contributed by atoms with Crippen LogP contribution in [-0.4, -0.2) is 71.6 Å². The summed E-state index contributed by atoms with van der Waals surface area (Å²) in [5, 5.41) is 0. The molecule has 2 aliphatic heterocycles. The Morgan fingerprint density at radius 1 is 0.781 bits per heavy atom. The molecule has 0 atom stereocenters. The lowest BCUT2D eigenvalue weighted by Gasteiger charge is -2.42. The van der Waals surface area contributed by atoms with Gasteiger partial charge >= 0.3 is 0 Å². The molecule has 0 saturated carbocycles. The standard InChI is InChI=1S/C21H26N2O7S2/c1-28-17-7-3-5-9-19(17)31(24,25)22-13-11-21(12-14-22)23(15-16-30-21)32(26,27)20-10-6-4-8-18(20)29-2/h3-10H,11-16H2,1-2H3. The van der Waals surface area contributed by atoms with Crippen LogP contribution in [0, 0.1) is 0 Å². The Morgan fingerprint density at radius 2 is 1.28 bits per heavy atom. The highest BCUT2D eigenvalue weighted by Gasteiger charge is 2.52. The fraction of sp³-hybridized carbons (Fsp3) is 0.429. The molecule has 0 bridgehead atoms. The number of methoxy groups -OCH3 is 2. The lowest BCUT2D eigenvalue weighted by Crippen LogP contribution is -2.55. The molecular weight excluding hydrogens is 456 g/mol. The largest absolute Gasteiger partial charge is 0.495 e. The van der Waals surface area contributed by atoms with Gasteiger partial charge in [-0.2, -0.15) is 8.61 Å². The van der Waals surface area contributed by atoms with Gasteiger partial charge in [-0.3, -0.25) is 0 Å². The summed E-state index contributed by atoms with van der Waals surface area (Å²) >= 11 is 0. The number of ether oxygens (including phenoxy) is 3. The molecule has 0 aromatic heterocycles. The van der Waals surface area contributed by atoms with E-state index in [2.05, 4.69) is 0 Å². The van der Waals surface area contributed by atoms with Crippen LogP contribution in [0.25, 0.3) is 0 Å². The van der Waals surface area contributed by atoms with Crippen molar-refractivity contribution in [2.24, 2.45) is 0 Å². The molecule has 32 heavy (non-hydrogen) atoms. The molecule has 9 nitrogen and oxygen atoms in total. The van der Waals surface area contributed by atoms with Crippen molar-refractivity contribution in [1.82, 2.24) is 8.61 Å². The van der Waals surface area contributed by atoms with Gasteiger partial charge in [-0.1, -0.05) is 24.3 Å². The minimum atomic E-state index is -3.91. The predicted octanol–water partition coefficient (Wildman–Crippen LogP) is 1.91. The van der Waals surface area contributed by atoms with E-state index >= 15 is 0 Å². The lowest BCUT2D eigenvalue weighted by atomic mass is 10.0. The van der Waals surface area contributed by atoms with Crippen molar-refractivity contribution in [2.45, 2.75) is 28.4 Å². The molecule has 2 aromatic rings. The van der Waals surface area contributed by atoms with E-state index in [9.17, 15) is 16.8 Å². The zero-order chi connectivity index (χ0) is 23.0. The van der Waals surface area contributed by atoms with E-state index in [1.165, 1.54) is 35.0 Å². The summed E-state index contributed by atoms with van der Waals surface area (Å²) in [4.78, 5) is 0.153. The smallest absolute Gasteiger partial charge is 0.249 e. The molecular formula is C21H26N2O7S2. The number of hydrogen-bond acceptors (Lipinski definition) is 7. The van der Waals surface area contributed by atoms with Crippen molar-refractivity contribution in [3.63, 3.8) is 0 Å². The monoisotopic (exact) mass is 482 g/mol. The highest BCUT2D eigenvalue weighted by molar-refractivity contribution is 7.89. The van der Waals surface area contributed by atoms with E-state index in [4.69, 9.17) is 14.2 Å². The zero-order valence-electron chi connectivity index (χ0n) is 17.9. The Hall–Kier alpha value is -2.18. The maximum atomic E-state index is 13.5. The third kappa shape index (κ3) is 3.77. The van der Waals surface area contributed by atoms with Gasteiger partial charge in [0.15, 0.2) is 0 Å². The Morgan fingerprint density at radius 3 is 1.81 bits per heavy atom. The number of piperidine rings is 1. The maximum Gasteiger partial charge on any atom is 0.249 e. The van der Waals surface area contributed by atoms with Gasteiger partial charge in [-0.05, 0) is 24.3 Å². The van der Waals surface area contributed by atoms with Crippen molar-refractivity contribution in [2.75, 3.05) is 40.5 Å². The number of nitrogens with zero attached hydrogens (tertiary/aromatic N) is 2. The van der Waals surface area contributed by atoms with Gasteiger partial charge in [0.05, 0.1) is 20.8 Å². The zero-order valence-corrected chi connectivity index (χ0v) is 19.6. The summed E-state index contributed by atoms with van der Waals surface area (Å²) in [7, 11) is -4.87. The van der Waals surface area contributed by atoms with Crippen molar-refractivity contribution in [3.8, 4) is 11.5 Å². The molecule has 0 radical (unpaired) electrons. The first kappa shape index (κ1) is 23.0. The van der Waals surface area contributed by atoms with E-state index in [1.807, 2.05) is 0 Å². The van der Waals surface area contributed by atoms with E-state index in [0.29, 0.717) is 0 Å². The van der Waals surface area contributed by atoms with Crippen LogP contribution in [0.15, 0.2) is 58.3 Å².